The molecule has 0 saturated carbocycles. The molecule has 0 heterocycles. The molecule has 0 aliphatic heterocycles. The number of hydrogen-bond acceptors (Lipinski definition) is 5. The highest BCUT2D eigenvalue weighted by molar-refractivity contribution is 5.88. The number of carbonyl (C=O) groups is 1. The van der Waals surface area contributed by atoms with Crippen LogP contribution in [0.1, 0.15) is 45.1 Å². The number of nitrogens with zero attached hydrogens (tertiary/aromatic N) is 4. The van der Waals surface area contributed by atoms with Crippen LogP contribution in [0.2, 0.25) is 0 Å². The Hall–Kier alpha value is -3.67. The number of hydrogen-bond donors (Lipinski definition) is 1. The van der Waals surface area contributed by atoms with Gasteiger partial charge in [0.05, 0.1) is 22.7 Å². The van der Waals surface area contributed by atoms with E-state index in [-0.39, 0.29) is 5.91 Å². The van der Waals surface area contributed by atoms with Gasteiger partial charge in [0.2, 0.25) is 5.91 Å². The molecule has 3 aromatic carbocycles. The molecule has 0 atom stereocenters. The third-order valence-corrected chi connectivity index (χ3v) is 4.85. The van der Waals surface area contributed by atoms with Gasteiger partial charge in [0, 0.05) is 12.6 Å². The zero-order valence-corrected chi connectivity index (χ0v) is 18.7. The molecule has 0 bridgehead atoms. The first kappa shape index (κ1) is 23.0. The topological polar surface area (TPSA) is 78.5 Å². The van der Waals surface area contributed by atoms with Crippen LogP contribution in [0, 0.1) is 0 Å². The summed E-state index contributed by atoms with van der Waals surface area (Å²) in [4.78, 5) is 11.1. The summed E-state index contributed by atoms with van der Waals surface area (Å²) in [5.41, 5.74) is 5.10. The van der Waals surface area contributed by atoms with Crippen LogP contribution in [0.5, 0.6) is 0 Å². The van der Waals surface area contributed by atoms with Gasteiger partial charge >= 0.3 is 0 Å². The van der Waals surface area contributed by atoms with Crippen molar-refractivity contribution in [2.24, 2.45) is 20.5 Å². The third-order valence-electron chi connectivity index (χ3n) is 4.85. The lowest BCUT2D eigenvalue weighted by molar-refractivity contribution is -0.114. The van der Waals surface area contributed by atoms with E-state index in [0.717, 1.165) is 29.2 Å². The summed E-state index contributed by atoms with van der Waals surface area (Å²) in [6, 6.07) is 22.9. The molecule has 0 fully saturated rings. The monoisotopic (exact) mass is 427 g/mol. The Bertz CT molecular complexity index is 1040. The number of aryl methyl sites for hydroxylation is 1. The molecule has 1 N–H and O–H groups in total. The second-order valence-electron chi connectivity index (χ2n) is 7.62. The van der Waals surface area contributed by atoms with Gasteiger partial charge in [0.25, 0.3) is 0 Å². The van der Waals surface area contributed by atoms with Gasteiger partial charge in [0.1, 0.15) is 0 Å². The molecule has 6 nitrogen and oxygen atoms in total. The second-order valence-corrected chi connectivity index (χ2v) is 7.62. The van der Waals surface area contributed by atoms with E-state index in [1.807, 2.05) is 36.4 Å². The molecule has 3 rings (SSSR count). The smallest absolute Gasteiger partial charge is 0.221 e. The van der Waals surface area contributed by atoms with Gasteiger partial charge < -0.3 is 5.32 Å². The predicted octanol–water partition coefficient (Wildman–Crippen LogP) is 8.60. The number of rotatable bonds is 10. The second kappa shape index (κ2) is 12.2. The van der Waals surface area contributed by atoms with E-state index in [2.05, 4.69) is 44.8 Å². The Morgan fingerprint density at radius 3 is 1.53 bits per heavy atom. The van der Waals surface area contributed by atoms with Crippen LogP contribution < -0.4 is 5.32 Å². The average molecular weight is 428 g/mol. The fourth-order valence-electron chi connectivity index (χ4n) is 3.12. The molecule has 0 radical (unpaired) electrons. The van der Waals surface area contributed by atoms with Crippen molar-refractivity contribution in [3.8, 4) is 0 Å². The van der Waals surface area contributed by atoms with E-state index in [9.17, 15) is 4.79 Å². The summed E-state index contributed by atoms with van der Waals surface area (Å²) in [6.45, 7) is 3.71. The first-order chi connectivity index (χ1) is 15.6. The summed E-state index contributed by atoms with van der Waals surface area (Å²) in [5.74, 6) is -0.105. The standard InChI is InChI=1S/C26H29N5O/c1-3-4-5-6-7-21-8-10-23(11-9-21)28-30-25-16-18-26(19-17-25)31-29-24-14-12-22(13-15-24)27-20(2)32/h8-19H,3-7H2,1-2H3,(H,27,32). The average Bonchev–Trinajstić information content (AvgIpc) is 2.81. The lowest BCUT2D eigenvalue weighted by Gasteiger charge is -2.01. The molecule has 164 valence electrons. The van der Waals surface area contributed by atoms with Gasteiger partial charge in [-0.3, -0.25) is 4.79 Å². The molecular weight excluding hydrogens is 398 g/mol. The van der Waals surface area contributed by atoms with E-state index in [1.165, 1.54) is 38.2 Å². The van der Waals surface area contributed by atoms with Crippen molar-refractivity contribution in [2.75, 3.05) is 5.32 Å². The minimum Gasteiger partial charge on any atom is -0.326 e. The maximum atomic E-state index is 11.1. The summed E-state index contributed by atoms with van der Waals surface area (Å²) in [5, 5.41) is 19.8. The quantitative estimate of drug-likeness (QED) is 0.255. The first-order valence-corrected chi connectivity index (χ1v) is 11.0. The minimum atomic E-state index is -0.105. The first-order valence-electron chi connectivity index (χ1n) is 11.0. The number of carbonyl (C=O) groups excluding carboxylic acids is 1. The predicted molar refractivity (Wildman–Crippen MR) is 130 cm³/mol. The SMILES string of the molecule is CCCCCCc1ccc(N=Nc2ccc(N=Nc3ccc(NC(C)=O)cc3)cc2)cc1. The van der Waals surface area contributed by atoms with Gasteiger partial charge in [-0.2, -0.15) is 20.5 Å². The van der Waals surface area contributed by atoms with Crippen molar-refractivity contribution in [2.45, 2.75) is 46.0 Å². The molecule has 0 aliphatic carbocycles. The summed E-state index contributed by atoms with van der Waals surface area (Å²) in [7, 11) is 0. The Morgan fingerprint density at radius 1 is 0.656 bits per heavy atom. The molecule has 0 saturated heterocycles. The van der Waals surface area contributed by atoms with Gasteiger partial charge in [-0.1, -0.05) is 38.3 Å². The van der Waals surface area contributed by atoms with Crippen molar-refractivity contribution in [3.05, 3.63) is 78.4 Å². The summed E-state index contributed by atoms with van der Waals surface area (Å²) >= 11 is 0. The van der Waals surface area contributed by atoms with Crippen molar-refractivity contribution in [3.63, 3.8) is 0 Å². The highest BCUT2D eigenvalue weighted by atomic mass is 16.1. The van der Waals surface area contributed by atoms with Crippen LogP contribution in [0.3, 0.4) is 0 Å². The Labute approximate surface area is 189 Å². The number of benzene rings is 3. The number of unbranched alkanes of at least 4 members (excludes halogenated alkanes) is 3. The maximum absolute atomic E-state index is 11.1. The van der Waals surface area contributed by atoms with Crippen molar-refractivity contribution in [1.29, 1.82) is 0 Å². The van der Waals surface area contributed by atoms with Gasteiger partial charge in [-0.05, 0) is 79.1 Å². The third kappa shape index (κ3) is 7.87. The number of nitrogens with one attached hydrogen (secondary N) is 1. The highest BCUT2D eigenvalue weighted by Gasteiger charge is 1.98. The number of anilines is 1. The molecule has 0 aliphatic rings. The molecule has 1 amide bonds. The van der Waals surface area contributed by atoms with Crippen LogP contribution in [0.25, 0.3) is 0 Å². The van der Waals surface area contributed by atoms with E-state index in [4.69, 9.17) is 0 Å². The molecule has 0 aromatic heterocycles. The normalized spacial score (nSPS) is 11.3. The fraction of sp³-hybridized carbons (Fsp3) is 0.269. The van der Waals surface area contributed by atoms with Crippen molar-refractivity contribution >= 4 is 34.3 Å². The highest BCUT2D eigenvalue weighted by Crippen LogP contribution is 2.24. The molecule has 0 unspecified atom stereocenters. The Morgan fingerprint density at radius 2 is 1.09 bits per heavy atom. The van der Waals surface area contributed by atoms with E-state index < -0.39 is 0 Å². The maximum Gasteiger partial charge on any atom is 0.221 e. The number of amides is 1. The molecule has 32 heavy (non-hydrogen) atoms. The summed E-state index contributed by atoms with van der Waals surface area (Å²) in [6.07, 6.45) is 6.21. The van der Waals surface area contributed by atoms with Gasteiger partial charge in [-0.25, -0.2) is 0 Å². The Balaban J connectivity index is 1.52. The van der Waals surface area contributed by atoms with Crippen LogP contribution in [0.15, 0.2) is 93.3 Å². The van der Waals surface area contributed by atoms with Crippen LogP contribution in [-0.4, -0.2) is 5.91 Å². The summed E-state index contributed by atoms with van der Waals surface area (Å²) < 4.78 is 0. The largest absolute Gasteiger partial charge is 0.326 e. The Kier molecular flexibility index (Phi) is 8.80. The number of azo groups is 2. The van der Waals surface area contributed by atoms with E-state index in [0.29, 0.717) is 5.69 Å². The van der Waals surface area contributed by atoms with Crippen LogP contribution in [0.4, 0.5) is 28.4 Å². The zero-order chi connectivity index (χ0) is 22.6. The van der Waals surface area contributed by atoms with E-state index >= 15 is 0 Å². The fourth-order valence-corrected chi connectivity index (χ4v) is 3.12. The molecule has 0 spiro atoms. The van der Waals surface area contributed by atoms with E-state index in [1.54, 1.807) is 24.3 Å². The molecular formula is C26H29N5O. The van der Waals surface area contributed by atoms with Crippen LogP contribution >= 0.6 is 0 Å². The van der Waals surface area contributed by atoms with Crippen molar-refractivity contribution in [1.82, 2.24) is 0 Å². The minimum absolute atomic E-state index is 0.105. The molecule has 3 aromatic rings. The zero-order valence-electron chi connectivity index (χ0n) is 18.7. The lowest BCUT2D eigenvalue weighted by atomic mass is 10.1. The van der Waals surface area contributed by atoms with Crippen LogP contribution in [-0.2, 0) is 11.2 Å². The van der Waals surface area contributed by atoms with Crippen molar-refractivity contribution < 1.29 is 4.79 Å². The lowest BCUT2D eigenvalue weighted by Crippen LogP contribution is -2.04. The van der Waals surface area contributed by atoms with Gasteiger partial charge in [-0.15, -0.1) is 0 Å². The molecule has 6 heteroatoms. The van der Waals surface area contributed by atoms with Gasteiger partial charge in [0.15, 0.2) is 0 Å².